The van der Waals surface area contributed by atoms with Crippen molar-refractivity contribution in [3.05, 3.63) is 69.3 Å². The van der Waals surface area contributed by atoms with Crippen molar-refractivity contribution in [2.45, 2.75) is 26.0 Å². The number of hydrogen-bond donors (Lipinski definition) is 1. The molecular weight excluding hydrogens is 442 g/mol. The number of β-amino-alcohol motifs (C(OH)–C–C–N with tert-alkyl or cyclic N) is 1. The molecule has 8 heteroatoms. The van der Waals surface area contributed by atoms with Gasteiger partial charge >= 0.3 is 5.17 Å². The van der Waals surface area contributed by atoms with Crippen LogP contribution in [0.1, 0.15) is 23.1 Å². The van der Waals surface area contributed by atoms with Crippen molar-refractivity contribution in [3.8, 4) is 0 Å². The van der Waals surface area contributed by atoms with Crippen LogP contribution in [-0.4, -0.2) is 38.6 Å². The summed E-state index contributed by atoms with van der Waals surface area (Å²) in [6, 6.07) is 12.5. The van der Waals surface area contributed by atoms with Crippen LogP contribution in [0.4, 0.5) is 11.4 Å². The highest BCUT2D eigenvalue weighted by molar-refractivity contribution is 8.13. The van der Waals surface area contributed by atoms with E-state index in [4.69, 9.17) is 0 Å². The minimum Gasteiger partial charge on any atom is -1.00 e. The van der Waals surface area contributed by atoms with E-state index in [0.29, 0.717) is 12.1 Å². The minimum atomic E-state index is -1.20. The third-order valence-corrected chi connectivity index (χ3v) is 6.64. The predicted molar refractivity (Wildman–Crippen MR) is 107 cm³/mol. The number of hydrogen-bond acceptors (Lipinski definition) is 5. The lowest BCUT2D eigenvalue weighted by atomic mass is 10.0. The SMILES string of the molecule is Cc1cccc(N2CC(O)(c3ccc([N+](=O)[O-])cc3)[N+]3=C2SCCC3)c1C.[Br-]. The third kappa shape index (κ3) is 3.33. The average molecular weight is 464 g/mol. The summed E-state index contributed by atoms with van der Waals surface area (Å²) < 4.78 is 2.05. The average Bonchev–Trinajstić information content (AvgIpc) is 2.98. The molecule has 0 amide bonds. The zero-order valence-corrected chi connectivity index (χ0v) is 18.2. The van der Waals surface area contributed by atoms with Gasteiger partial charge in [0, 0.05) is 23.4 Å². The molecule has 0 bridgehead atoms. The number of rotatable bonds is 3. The maximum Gasteiger partial charge on any atom is 0.316 e. The molecule has 1 N–H and O–H groups in total. The summed E-state index contributed by atoms with van der Waals surface area (Å²) in [7, 11) is 0. The second kappa shape index (κ2) is 7.85. The van der Waals surface area contributed by atoms with E-state index in [-0.39, 0.29) is 22.7 Å². The van der Waals surface area contributed by atoms with Gasteiger partial charge in [-0.1, -0.05) is 12.1 Å². The van der Waals surface area contributed by atoms with Gasteiger partial charge in [0.25, 0.3) is 11.4 Å². The highest BCUT2D eigenvalue weighted by Crippen LogP contribution is 2.39. The summed E-state index contributed by atoms with van der Waals surface area (Å²) in [6.07, 6.45) is 0.990. The number of nitro groups is 1. The summed E-state index contributed by atoms with van der Waals surface area (Å²) in [5, 5.41) is 23.7. The Labute approximate surface area is 178 Å². The molecule has 0 radical (unpaired) electrons. The zero-order valence-electron chi connectivity index (χ0n) is 15.8. The number of amidine groups is 1. The van der Waals surface area contributed by atoms with Crippen molar-refractivity contribution < 1.29 is 31.6 Å². The molecule has 1 atom stereocenters. The molecule has 0 fully saturated rings. The van der Waals surface area contributed by atoms with Gasteiger partial charge in [-0.05, 0) is 61.4 Å². The first-order valence-corrected chi connectivity index (χ1v) is 9.99. The van der Waals surface area contributed by atoms with Crippen molar-refractivity contribution >= 4 is 28.3 Å². The monoisotopic (exact) mass is 463 g/mol. The Morgan fingerprint density at radius 3 is 2.61 bits per heavy atom. The molecule has 0 spiro atoms. The van der Waals surface area contributed by atoms with E-state index >= 15 is 0 Å². The molecule has 0 aromatic heterocycles. The van der Waals surface area contributed by atoms with Crippen LogP contribution in [0.25, 0.3) is 0 Å². The molecule has 2 aromatic rings. The number of nitrogens with zero attached hydrogens (tertiary/aromatic N) is 3. The molecule has 2 aliphatic rings. The second-order valence-corrected chi connectivity index (χ2v) is 8.12. The van der Waals surface area contributed by atoms with Gasteiger partial charge in [-0.15, -0.1) is 0 Å². The fourth-order valence-corrected chi connectivity index (χ4v) is 4.99. The van der Waals surface area contributed by atoms with Crippen molar-refractivity contribution in [2.24, 2.45) is 0 Å². The summed E-state index contributed by atoms with van der Waals surface area (Å²) >= 11 is 1.76. The van der Waals surface area contributed by atoms with E-state index < -0.39 is 10.6 Å². The van der Waals surface area contributed by atoms with Crippen LogP contribution >= 0.6 is 11.8 Å². The highest BCUT2D eigenvalue weighted by atomic mass is 79.9. The van der Waals surface area contributed by atoms with E-state index in [2.05, 4.69) is 30.9 Å². The lowest BCUT2D eigenvalue weighted by Crippen LogP contribution is -3.00. The van der Waals surface area contributed by atoms with Gasteiger partial charge in [0.2, 0.25) is 0 Å². The highest BCUT2D eigenvalue weighted by Gasteiger charge is 2.53. The van der Waals surface area contributed by atoms with Crippen LogP contribution in [0.3, 0.4) is 0 Å². The quantitative estimate of drug-likeness (QED) is 0.405. The molecule has 148 valence electrons. The second-order valence-electron chi connectivity index (χ2n) is 7.06. The number of thioether (sulfide) groups is 1. The summed E-state index contributed by atoms with van der Waals surface area (Å²) in [5.74, 6) is 1.02. The topological polar surface area (TPSA) is 69.6 Å². The first-order valence-electron chi connectivity index (χ1n) is 9.00. The van der Waals surface area contributed by atoms with Gasteiger partial charge in [0.15, 0.2) is 6.54 Å². The first-order chi connectivity index (χ1) is 12.9. The summed E-state index contributed by atoms with van der Waals surface area (Å²) in [4.78, 5) is 12.7. The fraction of sp³-hybridized carbons (Fsp3) is 0.350. The Hall–Kier alpha value is -1.90. The van der Waals surface area contributed by atoms with E-state index in [1.54, 1.807) is 23.9 Å². The lowest BCUT2D eigenvalue weighted by Gasteiger charge is -2.24. The molecule has 1 unspecified atom stereocenters. The van der Waals surface area contributed by atoms with Crippen LogP contribution in [0.2, 0.25) is 0 Å². The molecule has 4 rings (SSSR count). The van der Waals surface area contributed by atoms with Gasteiger partial charge in [-0.3, -0.25) is 10.1 Å². The first kappa shape index (κ1) is 20.8. The molecule has 2 aliphatic heterocycles. The maximum absolute atomic E-state index is 11.7. The van der Waals surface area contributed by atoms with Gasteiger partial charge in [0.1, 0.15) is 5.69 Å². The number of aryl methyl sites for hydroxylation is 1. The van der Waals surface area contributed by atoms with Gasteiger partial charge < -0.3 is 22.1 Å². The van der Waals surface area contributed by atoms with Crippen LogP contribution in [-0.2, 0) is 5.72 Å². The largest absolute Gasteiger partial charge is 1.00 e. The van der Waals surface area contributed by atoms with E-state index in [0.717, 1.165) is 29.6 Å². The zero-order chi connectivity index (χ0) is 19.2. The molecule has 0 saturated heterocycles. The fourth-order valence-electron chi connectivity index (χ4n) is 3.81. The molecular formula is C20H22BrN3O3S. The summed E-state index contributed by atoms with van der Waals surface area (Å²) in [5.41, 5.74) is 3.02. The Morgan fingerprint density at radius 1 is 1.21 bits per heavy atom. The van der Waals surface area contributed by atoms with Gasteiger partial charge in [-0.25, -0.2) is 9.48 Å². The maximum atomic E-state index is 11.7. The van der Waals surface area contributed by atoms with Crippen LogP contribution in [0.5, 0.6) is 0 Å². The van der Waals surface area contributed by atoms with E-state index in [1.165, 1.54) is 23.3 Å². The number of anilines is 1. The van der Waals surface area contributed by atoms with Crippen LogP contribution in [0, 0.1) is 24.0 Å². The molecule has 28 heavy (non-hydrogen) atoms. The molecule has 2 aromatic carbocycles. The Kier molecular flexibility index (Phi) is 5.84. The normalized spacial score (nSPS) is 21.3. The van der Waals surface area contributed by atoms with E-state index in [1.807, 2.05) is 10.6 Å². The third-order valence-electron chi connectivity index (χ3n) is 5.45. The molecule has 0 saturated carbocycles. The smallest absolute Gasteiger partial charge is 0.316 e. The number of benzene rings is 2. The van der Waals surface area contributed by atoms with E-state index in [9.17, 15) is 15.2 Å². The van der Waals surface area contributed by atoms with Gasteiger partial charge in [0.05, 0.1) is 11.5 Å². The number of halogens is 1. The molecule has 6 nitrogen and oxygen atoms in total. The van der Waals surface area contributed by atoms with Crippen molar-refractivity contribution in [1.29, 1.82) is 0 Å². The number of non-ortho nitro benzene ring substituents is 1. The predicted octanol–water partition coefficient (Wildman–Crippen LogP) is 0.386. The van der Waals surface area contributed by atoms with Crippen molar-refractivity contribution in [3.63, 3.8) is 0 Å². The Morgan fingerprint density at radius 2 is 1.93 bits per heavy atom. The van der Waals surface area contributed by atoms with Crippen LogP contribution < -0.4 is 21.9 Å². The number of aliphatic hydroxyl groups is 1. The lowest BCUT2D eigenvalue weighted by molar-refractivity contribution is -0.656. The van der Waals surface area contributed by atoms with Crippen molar-refractivity contribution in [2.75, 3.05) is 23.7 Å². The standard InChI is InChI=1S/C20H22N3O3S.BrH/c1-14-5-3-6-18(15(14)2)21-13-20(24,22-11-4-12-27-19(21)22)16-7-9-17(10-8-16)23(25)26;/h3,5-10,24H,4,11-13H2,1-2H3;1H/q+1;/p-1. The van der Waals surface area contributed by atoms with Crippen LogP contribution in [0.15, 0.2) is 42.5 Å². The molecule has 2 heterocycles. The van der Waals surface area contributed by atoms with Crippen molar-refractivity contribution in [1.82, 2.24) is 0 Å². The Bertz CT molecular complexity index is 948. The number of nitro benzene ring substituents is 1. The Balaban J connectivity index is 0.00000225. The molecule has 0 aliphatic carbocycles. The van der Waals surface area contributed by atoms with Gasteiger partial charge in [-0.2, -0.15) is 0 Å². The summed E-state index contributed by atoms with van der Waals surface area (Å²) in [6.45, 7) is 5.36. The minimum absolute atomic E-state index is 0.